The standard InChI is InChI=1S/C28H34N6O3/c1-17(15-35)21-13-22-19(14-34(31-22)20-8-6-18(16-36)7-9-20)12-23(21)30-27(37)24-25(28(2,3)4)32-33-11-5-10-29-26(24)33/h5,10-14,16-18,20,35H,6-9,15H2,1-4H3,(H,30,37). The van der Waals surface area contributed by atoms with Crippen LogP contribution in [0.2, 0.25) is 0 Å². The third-order valence-corrected chi connectivity index (χ3v) is 7.39. The highest BCUT2D eigenvalue weighted by atomic mass is 16.3. The van der Waals surface area contributed by atoms with E-state index in [0.717, 1.165) is 48.4 Å². The number of fused-ring (bicyclic) bond motifs is 2. The lowest BCUT2D eigenvalue weighted by molar-refractivity contribution is -0.112. The van der Waals surface area contributed by atoms with E-state index in [2.05, 4.69) is 15.4 Å². The minimum Gasteiger partial charge on any atom is -0.396 e. The Labute approximate surface area is 215 Å². The number of benzene rings is 1. The molecule has 3 aromatic heterocycles. The number of anilines is 1. The van der Waals surface area contributed by atoms with Crippen LogP contribution in [0.3, 0.4) is 0 Å². The van der Waals surface area contributed by atoms with Crippen molar-refractivity contribution in [1.29, 1.82) is 0 Å². The Kier molecular flexibility index (Phi) is 6.58. The van der Waals surface area contributed by atoms with Crippen LogP contribution in [0.15, 0.2) is 36.8 Å². The van der Waals surface area contributed by atoms with Crippen molar-refractivity contribution in [3.63, 3.8) is 0 Å². The molecule has 1 unspecified atom stereocenters. The number of carbonyl (C=O) groups is 2. The highest BCUT2D eigenvalue weighted by Gasteiger charge is 2.30. The number of aliphatic hydroxyl groups excluding tert-OH is 1. The molecule has 0 aliphatic heterocycles. The van der Waals surface area contributed by atoms with Crippen LogP contribution in [0.25, 0.3) is 16.6 Å². The predicted molar refractivity (Wildman–Crippen MR) is 142 cm³/mol. The summed E-state index contributed by atoms with van der Waals surface area (Å²) in [6, 6.07) is 5.93. The summed E-state index contributed by atoms with van der Waals surface area (Å²) in [6.07, 6.45) is 10.1. The average molecular weight is 503 g/mol. The van der Waals surface area contributed by atoms with Gasteiger partial charge in [0.2, 0.25) is 0 Å². The van der Waals surface area contributed by atoms with E-state index in [4.69, 9.17) is 5.10 Å². The Bertz CT molecular complexity index is 1460. The Hall–Kier alpha value is -3.59. The lowest BCUT2D eigenvalue weighted by atomic mass is 9.87. The third kappa shape index (κ3) is 4.75. The summed E-state index contributed by atoms with van der Waals surface area (Å²) in [4.78, 5) is 29.3. The minimum absolute atomic E-state index is 0.0592. The van der Waals surface area contributed by atoms with Crippen molar-refractivity contribution in [2.24, 2.45) is 5.92 Å². The quantitative estimate of drug-likeness (QED) is 0.371. The van der Waals surface area contributed by atoms with E-state index in [1.807, 2.05) is 50.7 Å². The second-order valence-electron chi connectivity index (χ2n) is 11.2. The minimum atomic E-state index is -0.366. The zero-order valence-electron chi connectivity index (χ0n) is 21.8. The molecule has 1 aliphatic rings. The number of aliphatic hydroxyl groups is 1. The van der Waals surface area contributed by atoms with Crippen LogP contribution in [0, 0.1) is 5.92 Å². The van der Waals surface area contributed by atoms with Gasteiger partial charge in [0.15, 0.2) is 5.65 Å². The molecule has 1 amide bonds. The fourth-order valence-electron chi connectivity index (χ4n) is 5.22. The zero-order valence-corrected chi connectivity index (χ0v) is 21.8. The molecule has 0 bridgehead atoms. The molecule has 0 radical (unpaired) electrons. The Morgan fingerprint density at radius 2 is 1.97 bits per heavy atom. The zero-order chi connectivity index (χ0) is 26.3. The van der Waals surface area contributed by atoms with Crippen molar-refractivity contribution in [3.8, 4) is 0 Å². The molecular formula is C28H34N6O3. The number of hydrogen-bond donors (Lipinski definition) is 2. The number of rotatable bonds is 6. The van der Waals surface area contributed by atoms with Crippen molar-refractivity contribution in [2.75, 3.05) is 11.9 Å². The molecule has 5 rings (SSSR count). The smallest absolute Gasteiger partial charge is 0.261 e. The van der Waals surface area contributed by atoms with Crippen molar-refractivity contribution >= 4 is 34.4 Å². The first kappa shape index (κ1) is 25.1. The Balaban J connectivity index is 1.53. The summed E-state index contributed by atoms with van der Waals surface area (Å²) in [5.74, 6) is -0.339. The van der Waals surface area contributed by atoms with Gasteiger partial charge in [-0.3, -0.25) is 9.48 Å². The molecule has 1 fully saturated rings. The molecule has 0 spiro atoms. The van der Waals surface area contributed by atoms with Gasteiger partial charge < -0.3 is 15.2 Å². The highest BCUT2D eigenvalue weighted by molar-refractivity contribution is 6.10. The molecule has 4 aromatic rings. The molecule has 2 N–H and O–H groups in total. The fourth-order valence-corrected chi connectivity index (χ4v) is 5.22. The number of carbonyl (C=O) groups excluding carboxylic acids is 2. The lowest BCUT2D eigenvalue weighted by Gasteiger charge is -2.25. The third-order valence-electron chi connectivity index (χ3n) is 7.39. The van der Waals surface area contributed by atoms with E-state index in [-0.39, 0.29) is 35.8 Å². The van der Waals surface area contributed by atoms with Crippen LogP contribution in [0.4, 0.5) is 5.69 Å². The van der Waals surface area contributed by atoms with Gasteiger partial charge in [-0.15, -0.1) is 0 Å². The molecule has 3 heterocycles. The van der Waals surface area contributed by atoms with E-state index in [0.29, 0.717) is 22.6 Å². The van der Waals surface area contributed by atoms with E-state index in [1.165, 1.54) is 0 Å². The Morgan fingerprint density at radius 3 is 2.65 bits per heavy atom. The van der Waals surface area contributed by atoms with Gasteiger partial charge in [0.1, 0.15) is 11.8 Å². The van der Waals surface area contributed by atoms with Crippen LogP contribution in [-0.4, -0.2) is 48.3 Å². The maximum Gasteiger partial charge on any atom is 0.261 e. The first-order valence-electron chi connectivity index (χ1n) is 12.9. The first-order valence-corrected chi connectivity index (χ1v) is 12.9. The maximum atomic E-state index is 13.8. The van der Waals surface area contributed by atoms with Gasteiger partial charge in [0, 0.05) is 53.5 Å². The van der Waals surface area contributed by atoms with Crippen LogP contribution >= 0.6 is 0 Å². The van der Waals surface area contributed by atoms with Gasteiger partial charge in [-0.05, 0) is 49.4 Å². The monoisotopic (exact) mass is 502 g/mol. The first-order chi connectivity index (χ1) is 17.7. The normalized spacial score (nSPS) is 19.3. The molecule has 37 heavy (non-hydrogen) atoms. The number of hydrogen-bond acceptors (Lipinski definition) is 6. The van der Waals surface area contributed by atoms with Crippen molar-refractivity contribution < 1.29 is 14.7 Å². The van der Waals surface area contributed by atoms with Gasteiger partial charge in [-0.1, -0.05) is 27.7 Å². The fraction of sp³-hybridized carbons (Fsp3) is 0.464. The summed E-state index contributed by atoms with van der Waals surface area (Å²) < 4.78 is 3.64. The molecule has 9 heteroatoms. The highest BCUT2D eigenvalue weighted by Crippen LogP contribution is 2.35. The van der Waals surface area contributed by atoms with E-state index in [1.54, 1.807) is 23.0 Å². The topological polar surface area (TPSA) is 114 Å². The van der Waals surface area contributed by atoms with Crippen LogP contribution < -0.4 is 5.32 Å². The van der Waals surface area contributed by atoms with E-state index >= 15 is 0 Å². The Morgan fingerprint density at radius 1 is 1.22 bits per heavy atom. The van der Waals surface area contributed by atoms with Gasteiger partial charge in [-0.25, -0.2) is 9.50 Å². The van der Waals surface area contributed by atoms with E-state index < -0.39 is 0 Å². The SMILES string of the molecule is CC(CO)c1cc2nn(C3CCC(C=O)CC3)cc2cc1NC(=O)c1c(C(C)(C)C)nn2cccnc12. The average Bonchev–Trinajstić information content (AvgIpc) is 3.49. The molecule has 1 aromatic carbocycles. The van der Waals surface area contributed by atoms with Gasteiger partial charge in [-0.2, -0.15) is 10.2 Å². The molecule has 1 saturated carbocycles. The molecule has 194 valence electrons. The maximum absolute atomic E-state index is 13.8. The lowest BCUT2D eigenvalue weighted by Crippen LogP contribution is -2.21. The van der Waals surface area contributed by atoms with Crippen LogP contribution in [0.1, 0.15) is 87.0 Å². The number of amides is 1. The number of aldehydes is 1. The molecule has 9 nitrogen and oxygen atoms in total. The van der Waals surface area contributed by atoms with Crippen molar-refractivity contribution in [1.82, 2.24) is 24.4 Å². The van der Waals surface area contributed by atoms with Gasteiger partial charge in [0.05, 0.1) is 17.3 Å². The number of nitrogens with zero attached hydrogens (tertiary/aromatic N) is 5. The van der Waals surface area contributed by atoms with Gasteiger partial charge in [0.25, 0.3) is 5.91 Å². The summed E-state index contributed by atoms with van der Waals surface area (Å²) >= 11 is 0. The van der Waals surface area contributed by atoms with Gasteiger partial charge >= 0.3 is 0 Å². The van der Waals surface area contributed by atoms with E-state index in [9.17, 15) is 14.7 Å². The molecule has 1 aliphatic carbocycles. The van der Waals surface area contributed by atoms with Crippen LogP contribution in [0.5, 0.6) is 0 Å². The summed E-state index contributed by atoms with van der Waals surface area (Å²) in [5, 5.41) is 23.5. The second kappa shape index (κ2) is 9.70. The second-order valence-corrected chi connectivity index (χ2v) is 11.2. The number of nitrogens with one attached hydrogen (secondary N) is 1. The number of aromatic nitrogens is 5. The van der Waals surface area contributed by atoms with Crippen LogP contribution in [-0.2, 0) is 10.2 Å². The molecule has 0 saturated heterocycles. The summed E-state index contributed by atoms with van der Waals surface area (Å²) in [5.41, 5.74) is 3.52. The van der Waals surface area contributed by atoms with Crippen molar-refractivity contribution in [3.05, 3.63) is 53.6 Å². The predicted octanol–water partition coefficient (Wildman–Crippen LogP) is 4.65. The largest absolute Gasteiger partial charge is 0.396 e. The summed E-state index contributed by atoms with van der Waals surface area (Å²) in [6.45, 7) is 7.93. The molecule has 1 atom stereocenters. The van der Waals surface area contributed by atoms with Crippen molar-refractivity contribution in [2.45, 2.75) is 70.8 Å². The molecular weight excluding hydrogens is 468 g/mol. The summed E-state index contributed by atoms with van der Waals surface area (Å²) in [7, 11) is 0.